The number of carboxylic acid groups (broad SMARTS) is 1. The third-order valence-electron chi connectivity index (χ3n) is 3.25. The highest BCUT2D eigenvalue weighted by Crippen LogP contribution is 2.34. The number of carboxylic acids is 1. The summed E-state index contributed by atoms with van der Waals surface area (Å²) in [6, 6.07) is 3.67. The van der Waals surface area contributed by atoms with Crippen LogP contribution in [0.1, 0.15) is 32.9 Å². The van der Waals surface area contributed by atoms with E-state index in [-0.39, 0.29) is 17.7 Å². The lowest BCUT2D eigenvalue weighted by Gasteiger charge is -2.08. The lowest BCUT2D eigenvalue weighted by molar-refractivity contribution is -0.144. The van der Waals surface area contributed by atoms with E-state index in [0.717, 1.165) is 31.3 Å². The number of alkyl halides is 6. The summed E-state index contributed by atoms with van der Waals surface area (Å²) in [7, 11) is 0.950. The Morgan fingerprint density at radius 3 is 2.04 bits per heavy atom. The fraction of sp³-hybridized carbons (Fsp3) is 0.286. The number of nitrogens with zero attached hydrogens (tertiary/aromatic N) is 2. The van der Waals surface area contributed by atoms with Crippen LogP contribution in [0.25, 0.3) is 0 Å². The highest BCUT2D eigenvalue weighted by molar-refractivity contribution is 5.90. The van der Waals surface area contributed by atoms with Gasteiger partial charge in [0.05, 0.1) is 11.3 Å². The number of benzene rings is 1. The van der Waals surface area contributed by atoms with Crippen LogP contribution in [-0.4, -0.2) is 20.9 Å². The van der Waals surface area contributed by atoms with E-state index in [1.807, 2.05) is 0 Å². The molecule has 1 aromatic carbocycles. The Morgan fingerprint density at radius 2 is 1.62 bits per heavy atom. The molecule has 1 heterocycles. The van der Waals surface area contributed by atoms with Crippen molar-refractivity contribution < 1.29 is 36.2 Å². The SMILES string of the molecule is Cn1nc(Cc2ccc(C(F)(F)F)cc2)c(C(=O)O)c1C(F)(F)F. The summed E-state index contributed by atoms with van der Waals surface area (Å²) in [5, 5.41) is 12.6. The maximum absolute atomic E-state index is 13.0. The molecule has 130 valence electrons. The zero-order valence-corrected chi connectivity index (χ0v) is 12.0. The number of hydrogen-bond donors (Lipinski definition) is 1. The number of aryl methyl sites for hydroxylation is 1. The molecule has 0 spiro atoms. The Labute approximate surface area is 131 Å². The van der Waals surface area contributed by atoms with E-state index < -0.39 is 35.1 Å². The van der Waals surface area contributed by atoms with Crippen molar-refractivity contribution in [1.82, 2.24) is 9.78 Å². The first-order valence-corrected chi connectivity index (χ1v) is 6.43. The second kappa shape index (κ2) is 5.84. The minimum atomic E-state index is -4.92. The molecule has 0 aliphatic heterocycles. The van der Waals surface area contributed by atoms with Crippen molar-refractivity contribution in [2.75, 3.05) is 0 Å². The molecule has 2 rings (SSSR count). The molecular weight excluding hydrogens is 342 g/mol. The number of aromatic carboxylic acids is 1. The molecule has 0 bridgehead atoms. The Hall–Kier alpha value is -2.52. The molecule has 0 saturated heterocycles. The first-order valence-electron chi connectivity index (χ1n) is 6.43. The lowest BCUT2D eigenvalue weighted by atomic mass is 10.0. The van der Waals surface area contributed by atoms with Crippen molar-refractivity contribution >= 4 is 5.97 Å². The van der Waals surface area contributed by atoms with E-state index in [4.69, 9.17) is 5.11 Å². The van der Waals surface area contributed by atoms with Crippen LogP contribution in [0.4, 0.5) is 26.3 Å². The van der Waals surface area contributed by atoms with Gasteiger partial charge in [-0.2, -0.15) is 31.4 Å². The van der Waals surface area contributed by atoms with Gasteiger partial charge >= 0.3 is 18.3 Å². The fourth-order valence-corrected chi connectivity index (χ4v) is 2.26. The van der Waals surface area contributed by atoms with Gasteiger partial charge in [-0.3, -0.25) is 4.68 Å². The van der Waals surface area contributed by atoms with Crippen molar-refractivity contribution in [3.63, 3.8) is 0 Å². The number of halogens is 6. The Balaban J connectivity index is 2.42. The summed E-state index contributed by atoms with van der Waals surface area (Å²) < 4.78 is 76.7. The molecular formula is C14H10F6N2O2. The number of rotatable bonds is 3. The monoisotopic (exact) mass is 352 g/mol. The molecule has 4 nitrogen and oxygen atoms in total. The van der Waals surface area contributed by atoms with Gasteiger partial charge in [0.1, 0.15) is 5.56 Å². The normalized spacial score (nSPS) is 12.5. The second-order valence-corrected chi connectivity index (χ2v) is 4.97. The quantitative estimate of drug-likeness (QED) is 0.856. The molecule has 0 radical (unpaired) electrons. The van der Waals surface area contributed by atoms with Crippen LogP contribution in [0.3, 0.4) is 0 Å². The zero-order valence-electron chi connectivity index (χ0n) is 12.0. The zero-order chi connectivity index (χ0) is 18.3. The predicted octanol–water partition coefficient (Wildman–Crippen LogP) is 3.75. The first kappa shape index (κ1) is 17.8. The summed E-state index contributed by atoms with van der Waals surface area (Å²) in [5.74, 6) is -1.81. The van der Waals surface area contributed by atoms with Crippen LogP contribution in [0.15, 0.2) is 24.3 Å². The average molecular weight is 352 g/mol. The van der Waals surface area contributed by atoms with Gasteiger partial charge in [0.15, 0.2) is 5.69 Å². The van der Waals surface area contributed by atoms with Crippen LogP contribution < -0.4 is 0 Å². The van der Waals surface area contributed by atoms with E-state index in [1.54, 1.807) is 0 Å². The van der Waals surface area contributed by atoms with E-state index in [1.165, 1.54) is 0 Å². The van der Waals surface area contributed by atoms with Crippen molar-refractivity contribution in [3.8, 4) is 0 Å². The summed E-state index contributed by atoms with van der Waals surface area (Å²) in [6.45, 7) is 0. The van der Waals surface area contributed by atoms with Crippen molar-refractivity contribution in [3.05, 3.63) is 52.3 Å². The van der Waals surface area contributed by atoms with Crippen LogP contribution in [0.5, 0.6) is 0 Å². The minimum Gasteiger partial charge on any atom is -0.478 e. The van der Waals surface area contributed by atoms with E-state index in [0.29, 0.717) is 4.68 Å². The van der Waals surface area contributed by atoms with Gasteiger partial charge in [-0.05, 0) is 17.7 Å². The molecule has 0 fully saturated rings. The Bertz CT molecular complexity index is 759. The van der Waals surface area contributed by atoms with Crippen LogP contribution >= 0.6 is 0 Å². The number of aromatic nitrogens is 2. The summed E-state index contributed by atoms with van der Waals surface area (Å²) in [6.07, 6.45) is -9.81. The van der Waals surface area contributed by atoms with Crippen LogP contribution in [0.2, 0.25) is 0 Å². The van der Waals surface area contributed by atoms with Gasteiger partial charge in [-0.25, -0.2) is 4.79 Å². The Morgan fingerprint density at radius 1 is 1.08 bits per heavy atom. The highest BCUT2D eigenvalue weighted by Gasteiger charge is 2.41. The van der Waals surface area contributed by atoms with Crippen molar-refractivity contribution in [1.29, 1.82) is 0 Å². The van der Waals surface area contributed by atoms with Crippen LogP contribution in [-0.2, 0) is 25.8 Å². The summed E-state index contributed by atoms with van der Waals surface area (Å²) >= 11 is 0. The minimum absolute atomic E-state index is 0.206. The van der Waals surface area contributed by atoms with Gasteiger partial charge in [-0.15, -0.1) is 0 Å². The second-order valence-electron chi connectivity index (χ2n) is 4.97. The van der Waals surface area contributed by atoms with Gasteiger partial charge < -0.3 is 5.11 Å². The third kappa shape index (κ3) is 3.52. The fourth-order valence-electron chi connectivity index (χ4n) is 2.26. The lowest BCUT2D eigenvalue weighted by Crippen LogP contribution is -2.16. The highest BCUT2D eigenvalue weighted by atomic mass is 19.4. The van der Waals surface area contributed by atoms with E-state index in [9.17, 15) is 31.1 Å². The number of carbonyl (C=O) groups is 1. The molecule has 1 N–H and O–H groups in total. The van der Waals surface area contributed by atoms with Crippen molar-refractivity contribution in [2.24, 2.45) is 7.05 Å². The van der Waals surface area contributed by atoms with E-state index >= 15 is 0 Å². The average Bonchev–Trinajstić information content (AvgIpc) is 2.74. The van der Waals surface area contributed by atoms with Crippen LogP contribution in [0, 0.1) is 0 Å². The maximum Gasteiger partial charge on any atom is 0.433 e. The molecule has 0 amide bonds. The maximum atomic E-state index is 13.0. The summed E-state index contributed by atoms with van der Waals surface area (Å²) in [4.78, 5) is 11.2. The first-order chi connectivity index (χ1) is 10.9. The summed E-state index contributed by atoms with van der Waals surface area (Å²) in [5.41, 5.74) is -3.52. The largest absolute Gasteiger partial charge is 0.478 e. The molecule has 0 atom stereocenters. The standard InChI is InChI=1S/C14H10F6N2O2/c1-22-11(14(18,19)20)10(12(23)24)9(21-22)6-7-2-4-8(5-3-7)13(15,16)17/h2-5H,6H2,1H3,(H,23,24). The van der Waals surface area contributed by atoms with E-state index in [2.05, 4.69) is 5.10 Å². The molecule has 0 aliphatic rings. The molecule has 1 aromatic heterocycles. The topological polar surface area (TPSA) is 55.1 Å². The van der Waals surface area contributed by atoms with Gasteiger partial charge in [0.25, 0.3) is 0 Å². The van der Waals surface area contributed by atoms with Gasteiger partial charge in [0, 0.05) is 13.5 Å². The molecule has 10 heteroatoms. The van der Waals surface area contributed by atoms with Gasteiger partial charge in [0.2, 0.25) is 0 Å². The van der Waals surface area contributed by atoms with Crippen molar-refractivity contribution in [2.45, 2.75) is 18.8 Å². The molecule has 0 unspecified atom stereocenters. The predicted molar refractivity (Wildman–Crippen MR) is 69.4 cm³/mol. The number of hydrogen-bond acceptors (Lipinski definition) is 2. The smallest absolute Gasteiger partial charge is 0.433 e. The Kier molecular flexibility index (Phi) is 4.34. The molecule has 0 aliphatic carbocycles. The molecule has 2 aromatic rings. The third-order valence-corrected chi connectivity index (χ3v) is 3.25. The molecule has 24 heavy (non-hydrogen) atoms. The molecule has 0 saturated carbocycles. The van der Waals surface area contributed by atoms with Gasteiger partial charge in [-0.1, -0.05) is 12.1 Å².